The zero-order valence-corrected chi connectivity index (χ0v) is 31.5. The molecule has 57 heavy (non-hydrogen) atoms. The Bertz CT molecular complexity index is 2950. The van der Waals surface area contributed by atoms with Crippen LogP contribution < -0.4 is 4.90 Å². The van der Waals surface area contributed by atoms with Gasteiger partial charge in [0.15, 0.2) is 0 Å². The number of hydrogen-bond donors (Lipinski definition) is 0. The topological polar surface area (TPSA) is 3.24 Å². The highest BCUT2D eigenvalue weighted by Gasteiger charge is 2.19. The highest BCUT2D eigenvalue weighted by Crippen LogP contribution is 2.45. The van der Waals surface area contributed by atoms with Crippen LogP contribution in [0.4, 0.5) is 17.1 Å². The number of nitrogens with zero attached hydrogens (tertiary/aromatic N) is 1. The van der Waals surface area contributed by atoms with Gasteiger partial charge in [0.05, 0.1) is 0 Å². The van der Waals surface area contributed by atoms with Crippen LogP contribution in [0.1, 0.15) is 0 Å². The van der Waals surface area contributed by atoms with Crippen LogP contribution in [0.25, 0.3) is 77.2 Å². The highest BCUT2D eigenvalue weighted by atomic mass is 15.1. The molecule has 10 rings (SSSR count). The monoisotopic (exact) mass is 725 g/mol. The third kappa shape index (κ3) is 6.56. The van der Waals surface area contributed by atoms with E-state index in [-0.39, 0.29) is 0 Å². The largest absolute Gasteiger partial charge is 0.310 e. The first-order chi connectivity index (χ1) is 28.3. The van der Waals surface area contributed by atoms with Gasteiger partial charge in [-0.05, 0) is 114 Å². The quantitative estimate of drug-likeness (QED) is 0.141. The predicted octanol–water partition coefficient (Wildman–Crippen LogP) is 15.8. The van der Waals surface area contributed by atoms with Crippen LogP contribution in [0.5, 0.6) is 0 Å². The van der Waals surface area contributed by atoms with Crippen LogP contribution >= 0.6 is 0 Å². The zero-order valence-electron chi connectivity index (χ0n) is 31.5. The summed E-state index contributed by atoms with van der Waals surface area (Å²) in [5.74, 6) is 0. The van der Waals surface area contributed by atoms with Crippen LogP contribution in [0, 0.1) is 0 Å². The van der Waals surface area contributed by atoms with Gasteiger partial charge in [0, 0.05) is 17.1 Å². The molecule has 0 saturated carbocycles. The SMILES string of the molecule is c1ccc(-c2ccc(-c3ccc(N(c4ccc(-c5c(-c6ccccc6)c6ccccc6c6ccccc56)cc4)c4cccc(-c5ccccc5)c4)cc3)cc2)cc1. The van der Waals surface area contributed by atoms with Gasteiger partial charge in [0.2, 0.25) is 0 Å². The molecule has 268 valence electrons. The second-order valence-electron chi connectivity index (χ2n) is 14.5. The number of benzene rings is 10. The summed E-state index contributed by atoms with van der Waals surface area (Å²) in [5, 5.41) is 5.05. The Morgan fingerprint density at radius 1 is 0.193 bits per heavy atom. The molecule has 0 aliphatic carbocycles. The molecule has 0 radical (unpaired) electrons. The Labute approximate surface area is 334 Å². The van der Waals surface area contributed by atoms with Crippen LogP contribution in [0.15, 0.2) is 237 Å². The molecule has 0 saturated heterocycles. The minimum absolute atomic E-state index is 1.09. The molecule has 0 spiro atoms. The molecule has 0 heterocycles. The highest BCUT2D eigenvalue weighted by molar-refractivity contribution is 6.21. The molecular formula is C56H39N. The maximum absolute atomic E-state index is 2.37. The summed E-state index contributed by atoms with van der Waals surface area (Å²) >= 11 is 0. The van der Waals surface area contributed by atoms with E-state index < -0.39 is 0 Å². The van der Waals surface area contributed by atoms with Crippen molar-refractivity contribution in [1.82, 2.24) is 0 Å². The van der Waals surface area contributed by atoms with Crippen molar-refractivity contribution in [3.05, 3.63) is 237 Å². The molecule has 0 N–H and O–H groups in total. The zero-order chi connectivity index (χ0) is 38.0. The van der Waals surface area contributed by atoms with E-state index in [9.17, 15) is 0 Å². The van der Waals surface area contributed by atoms with Crippen molar-refractivity contribution in [3.63, 3.8) is 0 Å². The Balaban J connectivity index is 1.09. The molecule has 0 aliphatic heterocycles. The van der Waals surface area contributed by atoms with E-state index >= 15 is 0 Å². The summed E-state index contributed by atoms with van der Waals surface area (Å²) in [6.07, 6.45) is 0. The molecule has 0 atom stereocenters. The van der Waals surface area contributed by atoms with E-state index in [1.54, 1.807) is 0 Å². The van der Waals surface area contributed by atoms with Crippen LogP contribution in [-0.2, 0) is 0 Å². The standard InChI is InChI=1S/C56H39N/c1-4-15-40(16-5-1)42-27-29-43(30-28-42)44-31-35-48(36-32-44)57(50-22-14-21-47(39-50)41-17-6-2-7-18-41)49-37-33-46(34-38-49)56-54-26-13-11-24-52(54)51-23-10-12-25-53(51)55(56)45-19-8-3-9-20-45/h1-39H. The lowest BCUT2D eigenvalue weighted by molar-refractivity contribution is 1.28. The molecule has 10 aromatic rings. The molecule has 0 amide bonds. The van der Waals surface area contributed by atoms with E-state index in [0.717, 1.165) is 17.1 Å². The van der Waals surface area contributed by atoms with Crippen LogP contribution in [0.2, 0.25) is 0 Å². The molecule has 1 heteroatoms. The van der Waals surface area contributed by atoms with Crippen LogP contribution in [-0.4, -0.2) is 0 Å². The number of hydrogen-bond acceptors (Lipinski definition) is 1. The second-order valence-corrected chi connectivity index (χ2v) is 14.5. The Morgan fingerprint density at radius 3 is 0.982 bits per heavy atom. The summed E-state index contributed by atoms with van der Waals surface area (Å²) in [7, 11) is 0. The summed E-state index contributed by atoms with van der Waals surface area (Å²) in [6.45, 7) is 0. The van der Waals surface area contributed by atoms with E-state index in [2.05, 4.69) is 241 Å². The first kappa shape index (κ1) is 34.0. The van der Waals surface area contributed by atoms with Gasteiger partial charge < -0.3 is 4.90 Å². The summed E-state index contributed by atoms with van der Waals surface area (Å²) in [5.41, 5.74) is 15.4. The lowest BCUT2D eigenvalue weighted by Gasteiger charge is -2.27. The lowest BCUT2D eigenvalue weighted by atomic mass is 9.85. The normalized spacial score (nSPS) is 11.2. The van der Waals surface area contributed by atoms with Crippen LogP contribution in [0.3, 0.4) is 0 Å². The number of anilines is 3. The average Bonchev–Trinajstić information content (AvgIpc) is 3.30. The van der Waals surface area contributed by atoms with Crippen molar-refractivity contribution in [2.45, 2.75) is 0 Å². The van der Waals surface area contributed by atoms with Crippen molar-refractivity contribution < 1.29 is 0 Å². The maximum Gasteiger partial charge on any atom is 0.0467 e. The second kappa shape index (κ2) is 15.0. The van der Waals surface area contributed by atoms with Crippen molar-refractivity contribution in [2.75, 3.05) is 4.90 Å². The Kier molecular flexibility index (Phi) is 8.95. The first-order valence-corrected chi connectivity index (χ1v) is 19.6. The number of fused-ring (bicyclic) bond motifs is 3. The van der Waals surface area contributed by atoms with Crippen molar-refractivity contribution >= 4 is 38.6 Å². The minimum atomic E-state index is 1.09. The van der Waals surface area contributed by atoms with Gasteiger partial charge >= 0.3 is 0 Å². The maximum atomic E-state index is 2.37. The Hall–Kier alpha value is -7.48. The van der Waals surface area contributed by atoms with Crippen molar-refractivity contribution in [2.24, 2.45) is 0 Å². The van der Waals surface area contributed by atoms with E-state index in [0.29, 0.717) is 0 Å². The van der Waals surface area contributed by atoms with Gasteiger partial charge in [0.25, 0.3) is 0 Å². The fourth-order valence-electron chi connectivity index (χ4n) is 8.31. The molecular weight excluding hydrogens is 687 g/mol. The predicted molar refractivity (Wildman–Crippen MR) is 243 cm³/mol. The first-order valence-electron chi connectivity index (χ1n) is 19.6. The summed E-state index contributed by atoms with van der Waals surface area (Å²) in [6, 6.07) is 85.5. The van der Waals surface area contributed by atoms with Crippen molar-refractivity contribution in [1.29, 1.82) is 0 Å². The summed E-state index contributed by atoms with van der Waals surface area (Å²) in [4.78, 5) is 2.37. The smallest absolute Gasteiger partial charge is 0.0467 e. The average molecular weight is 726 g/mol. The molecule has 0 unspecified atom stereocenters. The van der Waals surface area contributed by atoms with Gasteiger partial charge in [0.1, 0.15) is 0 Å². The van der Waals surface area contributed by atoms with Gasteiger partial charge in [-0.1, -0.05) is 200 Å². The van der Waals surface area contributed by atoms with Gasteiger partial charge in [-0.25, -0.2) is 0 Å². The molecule has 10 aromatic carbocycles. The summed E-state index contributed by atoms with van der Waals surface area (Å²) < 4.78 is 0. The molecule has 0 aromatic heterocycles. The fourth-order valence-corrected chi connectivity index (χ4v) is 8.31. The minimum Gasteiger partial charge on any atom is -0.310 e. The molecule has 1 nitrogen and oxygen atoms in total. The van der Waals surface area contributed by atoms with Gasteiger partial charge in [-0.2, -0.15) is 0 Å². The Morgan fingerprint density at radius 2 is 0.509 bits per heavy atom. The molecule has 0 aliphatic rings. The third-order valence-corrected chi connectivity index (χ3v) is 11.1. The number of rotatable bonds is 8. The van der Waals surface area contributed by atoms with E-state index in [1.165, 1.54) is 77.2 Å². The fraction of sp³-hybridized carbons (Fsp3) is 0. The van der Waals surface area contributed by atoms with Gasteiger partial charge in [-0.3, -0.25) is 0 Å². The molecule has 0 bridgehead atoms. The third-order valence-electron chi connectivity index (χ3n) is 11.1. The van der Waals surface area contributed by atoms with E-state index in [1.807, 2.05) is 0 Å². The van der Waals surface area contributed by atoms with Crippen molar-refractivity contribution in [3.8, 4) is 55.6 Å². The molecule has 0 fully saturated rings. The lowest BCUT2D eigenvalue weighted by Crippen LogP contribution is -2.10. The van der Waals surface area contributed by atoms with E-state index in [4.69, 9.17) is 0 Å². The van der Waals surface area contributed by atoms with Gasteiger partial charge in [-0.15, -0.1) is 0 Å².